The van der Waals surface area contributed by atoms with E-state index in [1.807, 2.05) is 24.3 Å². The molecule has 2 rings (SSSR count). The zero-order chi connectivity index (χ0) is 12.6. The van der Waals surface area contributed by atoms with Crippen LogP contribution in [0.5, 0.6) is 0 Å². The molecule has 1 aromatic heterocycles. The lowest BCUT2D eigenvalue weighted by Gasteiger charge is -2.12. The highest BCUT2D eigenvalue weighted by Gasteiger charge is 2.19. The van der Waals surface area contributed by atoms with Crippen LogP contribution >= 0.6 is 78.0 Å². The Kier molecular flexibility index (Phi) is 4.84. The molecule has 0 aliphatic rings. The van der Waals surface area contributed by atoms with Gasteiger partial charge in [0.1, 0.15) is 0 Å². The molecule has 1 unspecified atom stereocenters. The average Bonchev–Trinajstić information content (AvgIpc) is 2.60. The lowest BCUT2D eigenvalue weighted by molar-refractivity contribution is 1.18. The molecule has 1 atom stereocenters. The number of hydrogen-bond acceptors (Lipinski definition) is 1. The van der Waals surface area contributed by atoms with E-state index in [9.17, 15) is 0 Å². The average molecular weight is 435 g/mol. The second-order valence-electron chi connectivity index (χ2n) is 3.31. The van der Waals surface area contributed by atoms with Gasteiger partial charge in [0.25, 0.3) is 0 Å². The van der Waals surface area contributed by atoms with Crippen LogP contribution < -0.4 is 0 Å². The van der Waals surface area contributed by atoms with E-state index in [1.165, 1.54) is 11.3 Å². The zero-order valence-electron chi connectivity index (χ0n) is 8.18. The number of hydrogen-bond donors (Lipinski definition) is 0. The molecule has 2 aromatic rings. The zero-order valence-corrected chi connectivity index (χ0v) is 14.4. The summed E-state index contributed by atoms with van der Waals surface area (Å²) in [6.07, 6.45) is 0. The maximum Gasteiger partial charge on any atom is 0.0990 e. The molecule has 6 heteroatoms. The van der Waals surface area contributed by atoms with Gasteiger partial charge in [-0.15, -0.1) is 11.3 Å². The highest BCUT2D eigenvalue weighted by Crippen LogP contribution is 2.43. The second-order valence-corrected chi connectivity index (χ2v) is 7.80. The molecule has 1 aromatic carbocycles. The Balaban J connectivity index is 2.46. The van der Waals surface area contributed by atoms with Gasteiger partial charge < -0.3 is 0 Å². The minimum Gasteiger partial charge on any atom is -0.111 e. The van der Waals surface area contributed by atoms with Gasteiger partial charge in [-0.1, -0.05) is 66.7 Å². The molecule has 0 N–H and O–H groups in total. The van der Waals surface area contributed by atoms with Crippen molar-refractivity contribution >= 4 is 78.0 Å². The van der Waals surface area contributed by atoms with Gasteiger partial charge in [0.15, 0.2) is 0 Å². The molecule has 17 heavy (non-hydrogen) atoms. The third-order valence-corrected chi connectivity index (χ3v) is 5.65. The minimum atomic E-state index is -0.0353. The monoisotopic (exact) mass is 432 g/mol. The van der Waals surface area contributed by atoms with E-state index in [0.29, 0.717) is 13.7 Å². The fourth-order valence-corrected chi connectivity index (χ4v) is 4.92. The third-order valence-electron chi connectivity index (χ3n) is 2.19. The predicted molar refractivity (Wildman–Crippen MR) is 84.3 cm³/mol. The summed E-state index contributed by atoms with van der Waals surface area (Å²) in [5.41, 5.74) is 1.97. The van der Waals surface area contributed by atoms with E-state index in [2.05, 4.69) is 31.9 Å². The first kappa shape index (κ1) is 14.2. The van der Waals surface area contributed by atoms with Crippen LogP contribution in [-0.2, 0) is 0 Å². The van der Waals surface area contributed by atoms with Crippen LogP contribution in [0.4, 0.5) is 0 Å². The smallest absolute Gasteiger partial charge is 0.0990 e. The first-order chi connectivity index (χ1) is 7.99. The van der Waals surface area contributed by atoms with Gasteiger partial charge in [-0.3, -0.25) is 0 Å². The first-order valence-corrected chi connectivity index (χ1v) is 8.18. The standard InChI is InChI=1S/C11H5Br2Cl3S/c12-8-2-1-5(14)3-6(8)10(13)7-4-9(15)17-11(7)16/h1-4,10H. The summed E-state index contributed by atoms with van der Waals surface area (Å²) in [5.74, 6) is 0. The fraction of sp³-hybridized carbons (Fsp3) is 0.0909. The van der Waals surface area contributed by atoms with Crippen LogP contribution in [0.25, 0.3) is 0 Å². The molecule has 0 amide bonds. The largest absolute Gasteiger partial charge is 0.111 e. The van der Waals surface area contributed by atoms with Crippen LogP contribution in [0, 0.1) is 0 Å². The van der Waals surface area contributed by atoms with Crippen LogP contribution in [-0.4, -0.2) is 0 Å². The molecule has 0 bridgehead atoms. The minimum absolute atomic E-state index is 0.0353. The number of halogens is 5. The van der Waals surface area contributed by atoms with Crippen molar-refractivity contribution in [2.24, 2.45) is 0 Å². The summed E-state index contributed by atoms with van der Waals surface area (Å²) in [6, 6.07) is 7.50. The number of thiophene rings is 1. The number of benzene rings is 1. The van der Waals surface area contributed by atoms with Crippen molar-refractivity contribution in [1.82, 2.24) is 0 Å². The molecule has 0 aliphatic heterocycles. The van der Waals surface area contributed by atoms with Crippen molar-refractivity contribution in [3.63, 3.8) is 0 Å². The first-order valence-electron chi connectivity index (χ1n) is 4.53. The Morgan fingerprint density at radius 2 is 1.76 bits per heavy atom. The van der Waals surface area contributed by atoms with Crippen LogP contribution in [0.2, 0.25) is 13.7 Å². The Labute approximate surface area is 135 Å². The van der Waals surface area contributed by atoms with E-state index in [-0.39, 0.29) is 4.83 Å². The maximum absolute atomic E-state index is 6.14. The second kappa shape index (κ2) is 5.81. The molecule has 0 aliphatic carbocycles. The molecule has 90 valence electrons. The van der Waals surface area contributed by atoms with Crippen molar-refractivity contribution in [1.29, 1.82) is 0 Å². The van der Waals surface area contributed by atoms with Crippen LogP contribution in [0.3, 0.4) is 0 Å². The molecular weight excluding hydrogens is 430 g/mol. The molecule has 0 radical (unpaired) electrons. The lowest BCUT2D eigenvalue weighted by Crippen LogP contribution is -1.93. The lowest BCUT2D eigenvalue weighted by atomic mass is 10.1. The molecule has 0 saturated carbocycles. The van der Waals surface area contributed by atoms with E-state index in [1.54, 1.807) is 0 Å². The topological polar surface area (TPSA) is 0 Å². The Morgan fingerprint density at radius 3 is 2.35 bits per heavy atom. The fourth-order valence-electron chi connectivity index (χ4n) is 1.40. The van der Waals surface area contributed by atoms with Gasteiger partial charge in [0.05, 0.1) is 13.5 Å². The van der Waals surface area contributed by atoms with E-state index in [4.69, 9.17) is 34.8 Å². The van der Waals surface area contributed by atoms with Gasteiger partial charge >= 0.3 is 0 Å². The van der Waals surface area contributed by atoms with Gasteiger partial charge in [-0.25, -0.2) is 0 Å². The van der Waals surface area contributed by atoms with E-state index >= 15 is 0 Å². The highest BCUT2D eigenvalue weighted by atomic mass is 79.9. The molecule has 0 fully saturated rings. The van der Waals surface area contributed by atoms with Crippen molar-refractivity contribution < 1.29 is 0 Å². The summed E-state index contributed by atoms with van der Waals surface area (Å²) >= 11 is 26.5. The van der Waals surface area contributed by atoms with Crippen LogP contribution in [0.15, 0.2) is 28.7 Å². The van der Waals surface area contributed by atoms with Gasteiger partial charge in [0.2, 0.25) is 0 Å². The van der Waals surface area contributed by atoms with Gasteiger partial charge in [0, 0.05) is 15.1 Å². The molecule has 0 saturated heterocycles. The molecular formula is C11H5Br2Cl3S. The summed E-state index contributed by atoms with van der Waals surface area (Å²) in [6.45, 7) is 0. The van der Waals surface area contributed by atoms with E-state index < -0.39 is 0 Å². The summed E-state index contributed by atoms with van der Waals surface area (Å²) in [5, 5.41) is 0.685. The summed E-state index contributed by atoms with van der Waals surface area (Å²) < 4.78 is 2.33. The van der Waals surface area contributed by atoms with Gasteiger partial charge in [-0.05, 0) is 29.8 Å². The Hall–Kier alpha value is 0.750. The van der Waals surface area contributed by atoms with Crippen LogP contribution in [0.1, 0.15) is 16.0 Å². The number of rotatable bonds is 2. The predicted octanol–water partition coefficient (Wildman–Crippen LogP) is 6.96. The van der Waals surface area contributed by atoms with Crippen molar-refractivity contribution in [3.8, 4) is 0 Å². The quantitative estimate of drug-likeness (QED) is 0.448. The summed E-state index contributed by atoms with van der Waals surface area (Å²) in [7, 11) is 0. The Morgan fingerprint density at radius 1 is 1.06 bits per heavy atom. The third kappa shape index (κ3) is 3.20. The highest BCUT2D eigenvalue weighted by molar-refractivity contribution is 9.11. The van der Waals surface area contributed by atoms with E-state index in [0.717, 1.165) is 15.6 Å². The molecule has 0 spiro atoms. The van der Waals surface area contributed by atoms with Crippen molar-refractivity contribution in [2.75, 3.05) is 0 Å². The molecule has 0 nitrogen and oxygen atoms in total. The van der Waals surface area contributed by atoms with Crippen molar-refractivity contribution in [3.05, 3.63) is 53.6 Å². The normalized spacial score (nSPS) is 12.8. The summed E-state index contributed by atoms with van der Waals surface area (Å²) in [4.78, 5) is -0.0353. The molecule has 1 heterocycles. The SMILES string of the molecule is Clc1ccc(Br)c(C(Br)c2cc(Cl)sc2Cl)c1. The van der Waals surface area contributed by atoms with Crippen molar-refractivity contribution in [2.45, 2.75) is 4.83 Å². The maximum atomic E-state index is 6.14. The number of alkyl halides is 1. The Bertz CT molecular complexity index is 554. The van der Waals surface area contributed by atoms with Gasteiger partial charge in [-0.2, -0.15) is 0 Å².